The van der Waals surface area contributed by atoms with E-state index in [-0.39, 0.29) is 5.54 Å². The van der Waals surface area contributed by atoms with E-state index in [1.165, 1.54) is 0 Å². The van der Waals surface area contributed by atoms with Gasteiger partial charge >= 0.3 is 0 Å². The zero-order valence-corrected chi connectivity index (χ0v) is 10.8. The Balaban J connectivity index is 2.08. The lowest BCUT2D eigenvalue weighted by Gasteiger charge is -2.32. The second kappa shape index (κ2) is 4.33. The summed E-state index contributed by atoms with van der Waals surface area (Å²) < 4.78 is 1.75. The molecule has 0 atom stereocenters. The summed E-state index contributed by atoms with van der Waals surface area (Å²) in [5, 5.41) is 7.47. The summed E-state index contributed by atoms with van der Waals surface area (Å²) in [6.07, 6.45) is 3.66. The number of likely N-dealkylation sites (N-methyl/N-ethyl adjacent to an activating group) is 1. The molecule has 92 valence electrons. The van der Waals surface area contributed by atoms with Gasteiger partial charge in [0.1, 0.15) is 5.82 Å². The lowest BCUT2D eigenvalue weighted by Crippen LogP contribution is -2.44. The molecule has 0 spiro atoms. The molecule has 0 unspecified atom stereocenters. The molecule has 0 aromatic carbocycles. The molecular formula is C12H19N5. The summed E-state index contributed by atoms with van der Waals surface area (Å²) in [5.74, 6) is 0.882. The summed E-state index contributed by atoms with van der Waals surface area (Å²) in [6.45, 7) is 5.23. The molecule has 0 aliphatic carbocycles. The fourth-order valence-corrected chi connectivity index (χ4v) is 1.38. The van der Waals surface area contributed by atoms with E-state index in [1.807, 2.05) is 18.3 Å². The molecule has 0 saturated carbocycles. The number of nitrogens with zero attached hydrogens (tertiary/aromatic N) is 4. The predicted octanol–water partition coefficient (Wildman–Crippen LogP) is 1.48. The number of nitrogens with one attached hydrogen (secondary N) is 1. The predicted molar refractivity (Wildman–Crippen MR) is 69.2 cm³/mol. The molecule has 2 rings (SSSR count). The van der Waals surface area contributed by atoms with Gasteiger partial charge in [0.05, 0.1) is 6.20 Å². The van der Waals surface area contributed by atoms with Gasteiger partial charge < -0.3 is 10.2 Å². The Morgan fingerprint density at radius 2 is 2.12 bits per heavy atom. The number of aromatic nitrogens is 3. The number of fused-ring (bicyclic) bond motifs is 1. The maximum Gasteiger partial charge on any atom is 0.157 e. The van der Waals surface area contributed by atoms with Crippen LogP contribution in [0.25, 0.3) is 5.65 Å². The van der Waals surface area contributed by atoms with Crippen LogP contribution in [0.4, 0.5) is 5.82 Å². The van der Waals surface area contributed by atoms with E-state index in [1.54, 1.807) is 10.7 Å². The Kier molecular flexibility index (Phi) is 3.02. The highest BCUT2D eigenvalue weighted by atomic mass is 15.2. The van der Waals surface area contributed by atoms with Crippen molar-refractivity contribution in [2.75, 3.05) is 26.0 Å². The van der Waals surface area contributed by atoms with Crippen LogP contribution in [0.2, 0.25) is 0 Å². The molecule has 0 bridgehead atoms. The Labute approximate surface area is 101 Å². The quantitative estimate of drug-likeness (QED) is 0.869. The van der Waals surface area contributed by atoms with Crippen LogP contribution in [0.1, 0.15) is 13.8 Å². The van der Waals surface area contributed by atoms with E-state index in [0.29, 0.717) is 0 Å². The third-order valence-electron chi connectivity index (χ3n) is 3.17. The van der Waals surface area contributed by atoms with Crippen molar-refractivity contribution in [3.63, 3.8) is 0 Å². The molecule has 0 aliphatic heterocycles. The fraction of sp³-hybridized carbons (Fsp3) is 0.500. The van der Waals surface area contributed by atoms with E-state index < -0.39 is 0 Å². The minimum absolute atomic E-state index is 0.0913. The first-order valence-corrected chi connectivity index (χ1v) is 5.71. The van der Waals surface area contributed by atoms with Crippen LogP contribution >= 0.6 is 0 Å². The van der Waals surface area contributed by atoms with Crippen molar-refractivity contribution in [3.8, 4) is 0 Å². The lowest BCUT2D eigenvalue weighted by atomic mass is 10.0. The second-order valence-corrected chi connectivity index (χ2v) is 5.01. The molecule has 0 aliphatic rings. The highest BCUT2D eigenvalue weighted by molar-refractivity contribution is 5.45. The van der Waals surface area contributed by atoms with Gasteiger partial charge in [-0.05, 0) is 34.0 Å². The number of hydrogen-bond acceptors (Lipinski definition) is 4. The molecule has 17 heavy (non-hydrogen) atoms. The Hall–Kier alpha value is -1.62. The molecule has 1 N–H and O–H groups in total. The minimum Gasteiger partial charge on any atom is -0.368 e. The van der Waals surface area contributed by atoms with Crippen LogP contribution in [-0.2, 0) is 0 Å². The third-order valence-corrected chi connectivity index (χ3v) is 3.17. The van der Waals surface area contributed by atoms with Crippen molar-refractivity contribution in [2.45, 2.75) is 19.4 Å². The first-order valence-electron chi connectivity index (χ1n) is 5.71. The van der Waals surface area contributed by atoms with Gasteiger partial charge in [0.25, 0.3) is 0 Å². The lowest BCUT2D eigenvalue weighted by molar-refractivity contribution is 0.210. The monoisotopic (exact) mass is 233 g/mol. The molecule has 5 nitrogen and oxygen atoms in total. The van der Waals surface area contributed by atoms with Crippen molar-refractivity contribution in [2.24, 2.45) is 0 Å². The first kappa shape index (κ1) is 11.9. The Morgan fingerprint density at radius 3 is 2.82 bits per heavy atom. The van der Waals surface area contributed by atoms with Crippen LogP contribution in [0, 0.1) is 0 Å². The van der Waals surface area contributed by atoms with Gasteiger partial charge in [-0.1, -0.05) is 0 Å². The first-order chi connectivity index (χ1) is 7.99. The van der Waals surface area contributed by atoms with Crippen molar-refractivity contribution in [1.29, 1.82) is 0 Å². The van der Waals surface area contributed by atoms with Gasteiger partial charge in [0.2, 0.25) is 0 Å². The summed E-state index contributed by atoms with van der Waals surface area (Å²) in [6, 6.07) is 3.83. The van der Waals surface area contributed by atoms with Gasteiger partial charge in [-0.3, -0.25) is 0 Å². The summed E-state index contributed by atoms with van der Waals surface area (Å²) in [4.78, 5) is 6.66. The van der Waals surface area contributed by atoms with Crippen LogP contribution in [-0.4, -0.2) is 45.7 Å². The summed E-state index contributed by atoms with van der Waals surface area (Å²) in [5.41, 5.74) is 0.950. The average Bonchev–Trinajstić information content (AvgIpc) is 2.73. The van der Waals surface area contributed by atoms with Crippen molar-refractivity contribution >= 4 is 11.5 Å². The SMILES string of the molecule is CN(C)C(C)(C)CNc1ccn2nccc2n1. The van der Waals surface area contributed by atoms with Gasteiger partial charge in [-0.15, -0.1) is 0 Å². The van der Waals surface area contributed by atoms with E-state index in [0.717, 1.165) is 18.0 Å². The zero-order valence-electron chi connectivity index (χ0n) is 10.8. The van der Waals surface area contributed by atoms with Crippen LogP contribution in [0.5, 0.6) is 0 Å². The molecule has 2 heterocycles. The summed E-state index contributed by atoms with van der Waals surface area (Å²) in [7, 11) is 4.16. The topological polar surface area (TPSA) is 45.5 Å². The molecule has 2 aromatic rings. The third kappa shape index (κ3) is 2.55. The highest BCUT2D eigenvalue weighted by Crippen LogP contribution is 2.12. The molecule has 0 amide bonds. The number of anilines is 1. The van der Waals surface area contributed by atoms with Crippen LogP contribution in [0.3, 0.4) is 0 Å². The van der Waals surface area contributed by atoms with E-state index in [9.17, 15) is 0 Å². The smallest absolute Gasteiger partial charge is 0.157 e. The fourth-order valence-electron chi connectivity index (χ4n) is 1.38. The second-order valence-electron chi connectivity index (χ2n) is 5.01. The van der Waals surface area contributed by atoms with Crippen molar-refractivity contribution in [3.05, 3.63) is 24.5 Å². The molecule has 0 radical (unpaired) electrons. The number of hydrogen-bond donors (Lipinski definition) is 1. The molecule has 5 heteroatoms. The molecule has 2 aromatic heterocycles. The van der Waals surface area contributed by atoms with Gasteiger partial charge in [-0.25, -0.2) is 9.50 Å². The Morgan fingerprint density at radius 1 is 1.35 bits per heavy atom. The maximum absolute atomic E-state index is 4.47. The average molecular weight is 233 g/mol. The largest absolute Gasteiger partial charge is 0.368 e. The molecule has 0 saturated heterocycles. The van der Waals surface area contributed by atoms with E-state index in [4.69, 9.17) is 0 Å². The van der Waals surface area contributed by atoms with Crippen LogP contribution < -0.4 is 5.32 Å². The minimum atomic E-state index is 0.0913. The highest BCUT2D eigenvalue weighted by Gasteiger charge is 2.19. The van der Waals surface area contributed by atoms with E-state index >= 15 is 0 Å². The zero-order chi connectivity index (χ0) is 12.5. The van der Waals surface area contributed by atoms with Gasteiger partial charge in [-0.2, -0.15) is 5.10 Å². The van der Waals surface area contributed by atoms with Gasteiger partial charge in [0.15, 0.2) is 5.65 Å². The molecular weight excluding hydrogens is 214 g/mol. The Bertz CT molecular complexity index is 500. The normalized spacial score (nSPS) is 12.3. The van der Waals surface area contributed by atoms with Crippen molar-refractivity contribution in [1.82, 2.24) is 19.5 Å². The van der Waals surface area contributed by atoms with E-state index in [2.05, 4.69) is 48.2 Å². The number of rotatable bonds is 4. The van der Waals surface area contributed by atoms with Crippen molar-refractivity contribution < 1.29 is 0 Å². The summed E-state index contributed by atoms with van der Waals surface area (Å²) >= 11 is 0. The van der Waals surface area contributed by atoms with Gasteiger partial charge in [0, 0.05) is 24.3 Å². The standard InChI is InChI=1S/C12H19N5/c1-12(2,16(3)4)9-13-10-6-8-17-11(15-10)5-7-14-17/h5-8H,9H2,1-4H3,(H,13,15). The molecule has 0 fully saturated rings. The maximum atomic E-state index is 4.47. The van der Waals surface area contributed by atoms with Crippen LogP contribution in [0.15, 0.2) is 24.5 Å².